The molecule has 1 atom stereocenters. The summed E-state index contributed by atoms with van der Waals surface area (Å²) in [6.07, 6.45) is 3.38. The molecule has 2 bridgehead atoms. The summed E-state index contributed by atoms with van der Waals surface area (Å²) < 4.78 is 0. The van der Waals surface area contributed by atoms with E-state index in [9.17, 15) is 4.79 Å². The normalized spacial score (nSPS) is 28.4. The fourth-order valence-corrected chi connectivity index (χ4v) is 3.76. The lowest BCUT2D eigenvalue weighted by atomic mass is 9.84. The van der Waals surface area contributed by atoms with E-state index in [2.05, 4.69) is 30.1 Å². The van der Waals surface area contributed by atoms with Crippen molar-refractivity contribution in [2.24, 2.45) is 5.92 Å². The van der Waals surface area contributed by atoms with Crippen molar-refractivity contribution in [3.05, 3.63) is 34.9 Å². The van der Waals surface area contributed by atoms with Crippen LogP contribution in [0.1, 0.15) is 41.3 Å². The van der Waals surface area contributed by atoms with Crippen LogP contribution >= 0.6 is 0 Å². The Bertz CT molecular complexity index is 504. The smallest absolute Gasteiger partial charge is 0.251 e. The summed E-state index contributed by atoms with van der Waals surface area (Å²) >= 11 is 0. The van der Waals surface area contributed by atoms with Crippen LogP contribution in [0.25, 0.3) is 0 Å². The Hall–Kier alpha value is -1.35. The molecule has 3 aliphatic rings. The number of carbonyl (C=O) groups is 1. The third-order valence-electron chi connectivity index (χ3n) is 4.98. The quantitative estimate of drug-likeness (QED) is 0.916. The van der Waals surface area contributed by atoms with Gasteiger partial charge in [0.25, 0.3) is 5.91 Å². The third-order valence-corrected chi connectivity index (χ3v) is 4.98. The molecule has 3 aliphatic heterocycles. The first-order valence-electron chi connectivity index (χ1n) is 7.80. The first kappa shape index (κ1) is 13.6. The largest absolute Gasteiger partial charge is 0.348 e. The molecule has 3 fully saturated rings. The van der Waals surface area contributed by atoms with Gasteiger partial charge in [0, 0.05) is 18.2 Å². The first-order valence-corrected chi connectivity index (χ1v) is 7.80. The molecule has 1 amide bonds. The Kier molecular flexibility index (Phi) is 3.79. The average molecular weight is 272 g/mol. The first-order chi connectivity index (χ1) is 9.69. The highest BCUT2D eigenvalue weighted by atomic mass is 16.1. The molecule has 3 saturated heterocycles. The van der Waals surface area contributed by atoms with Gasteiger partial charge in [0.2, 0.25) is 0 Å². The molecule has 0 radical (unpaired) electrons. The Balaban J connectivity index is 1.75. The molecular weight excluding hydrogens is 248 g/mol. The maximum atomic E-state index is 12.6. The second-order valence-corrected chi connectivity index (χ2v) is 6.17. The zero-order chi connectivity index (χ0) is 14.1. The zero-order valence-electron chi connectivity index (χ0n) is 12.5. The molecular formula is C17H24N2O. The van der Waals surface area contributed by atoms with Crippen LogP contribution in [0.15, 0.2) is 18.2 Å². The number of nitrogens with zero attached hydrogens (tertiary/aromatic N) is 1. The second-order valence-electron chi connectivity index (χ2n) is 6.17. The topological polar surface area (TPSA) is 32.3 Å². The highest BCUT2D eigenvalue weighted by Gasteiger charge is 2.35. The summed E-state index contributed by atoms with van der Waals surface area (Å²) in [4.78, 5) is 15.1. The van der Waals surface area contributed by atoms with Crippen molar-refractivity contribution in [3.8, 4) is 0 Å². The zero-order valence-corrected chi connectivity index (χ0v) is 12.5. The number of amides is 1. The summed E-state index contributed by atoms with van der Waals surface area (Å²) in [5.74, 6) is 0.795. The number of piperidine rings is 3. The van der Waals surface area contributed by atoms with Crippen LogP contribution in [-0.4, -0.2) is 36.5 Å². The van der Waals surface area contributed by atoms with Gasteiger partial charge in [-0.25, -0.2) is 0 Å². The molecule has 1 aromatic rings. The number of rotatable bonds is 3. The van der Waals surface area contributed by atoms with E-state index in [1.807, 2.05) is 12.1 Å². The molecule has 20 heavy (non-hydrogen) atoms. The summed E-state index contributed by atoms with van der Waals surface area (Å²) in [6, 6.07) is 6.38. The van der Waals surface area contributed by atoms with Gasteiger partial charge in [-0.15, -0.1) is 0 Å². The van der Waals surface area contributed by atoms with Gasteiger partial charge in [-0.2, -0.15) is 0 Å². The highest BCUT2D eigenvalue weighted by Crippen LogP contribution is 2.28. The predicted molar refractivity (Wildman–Crippen MR) is 81.0 cm³/mol. The van der Waals surface area contributed by atoms with Gasteiger partial charge in [0.15, 0.2) is 0 Å². The van der Waals surface area contributed by atoms with Crippen LogP contribution in [0.3, 0.4) is 0 Å². The van der Waals surface area contributed by atoms with Crippen molar-refractivity contribution in [1.29, 1.82) is 0 Å². The third kappa shape index (κ3) is 2.47. The monoisotopic (exact) mass is 272 g/mol. The Morgan fingerprint density at radius 3 is 2.70 bits per heavy atom. The van der Waals surface area contributed by atoms with Crippen LogP contribution in [0.5, 0.6) is 0 Å². The van der Waals surface area contributed by atoms with Gasteiger partial charge < -0.3 is 10.2 Å². The maximum absolute atomic E-state index is 12.6. The Morgan fingerprint density at radius 2 is 2.10 bits per heavy atom. The molecule has 1 N–H and O–H groups in total. The van der Waals surface area contributed by atoms with E-state index in [1.165, 1.54) is 37.1 Å². The number of benzene rings is 1. The molecule has 4 rings (SSSR count). The van der Waals surface area contributed by atoms with Gasteiger partial charge in [0.05, 0.1) is 0 Å². The van der Waals surface area contributed by atoms with Gasteiger partial charge in [0.1, 0.15) is 0 Å². The van der Waals surface area contributed by atoms with Gasteiger partial charge in [-0.05, 0) is 62.4 Å². The van der Waals surface area contributed by atoms with Crippen molar-refractivity contribution in [3.63, 3.8) is 0 Å². The standard InChI is InChI=1S/C17H24N2O/c1-3-14-12(2)5-4-6-15(14)17(20)18-16-11-19-9-7-13(16)8-10-19/h4-6,13,16H,3,7-11H2,1-2H3,(H,18,20). The van der Waals surface area contributed by atoms with E-state index < -0.39 is 0 Å². The van der Waals surface area contributed by atoms with Crippen LogP contribution < -0.4 is 5.32 Å². The highest BCUT2D eigenvalue weighted by molar-refractivity contribution is 5.96. The van der Waals surface area contributed by atoms with E-state index in [1.54, 1.807) is 0 Å². The maximum Gasteiger partial charge on any atom is 0.251 e. The summed E-state index contributed by atoms with van der Waals surface area (Å²) in [7, 11) is 0. The average Bonchev–Trinajstić information content (AvgIpc) is 2.48. The van der Waals surface area contributed by atoms with E-state index >= 15 is 0 Å². The fourth-order valence-electron chi connectivity index (χ4n) is 3.76. The molecule has 3 heteroatoms. The van der Waals surface area contributed by atoms with Crippen LogP contribution in [0.2, 0.25) is 0 Å². The molecule has 0 saturated carbocycles. The van der Waals surface area contributed by atoms with E-state index in [0.29, 0.717) is 12.0 Å². The molecule has 0 spiro atoms. The summed E-state index contributed by atoms with van der Waals surface area (Å²) in [5.41, 5.74) is 3.27. The Morgan fingerprint density at radius 1 is 1.35 bits per heavy atom. The fraction of sp³-hybridized carbons (Fsp3) is 0.588. The van der Waals surface area contributed by atoms with Gasteiger partial charge >= 0.3 is 0 Å². The number of aryl methyl sites for hydroxylation is 1. The molecule has 0 aromatic heterocycles. The molecule has 1 aromatic carbocycles. The number of hydrogen-bond donors (Lipinski definition) is 1. The van der Waals surface area contributed by atoms with Crippen LogP contribution in [-0.2, 0) is 6.42 Å². The lowest BCUT2D eigenvalue weighted by Crippen LogP contribution is -2.57. The SMILES string of the molecule is CCc1c(C)cccc1C(=O)NC1CN2CCC1CC2. The lowest BCUT2D eigenvalue weighted by Gasteiger charge is -2.45. The van der Waals surface area contributed by atoms with E-state index in [0.717, 1.165) is 18.5 Å². The Labute approximate surface area is 121 Å². The van der Waals surface area contributed by atoms with Gasteiger partial charge in [-0.3, -0.25) is 4.79 Å². The van der Waals surface area contributed by atoms with Crippen LogP contribution in [0, 0.1) is 12.8 Å². The van der Waals surface area contributed by atoms with Crippen molar-refractivity contribution in [2.75, 3.05) is 19.6 Å². The molecule has 3 nitrogen and oxygen atoms in total. The molecule has 1 unspecified atom stereocenters. The minimum Gasteiger partial charge on any atom is -0.348 e. The van der Waals surface area contributed by atoms with Crippen molar-refractivity contribution in [2.45, 2.75) is 39.2 Å². The van der Waals surface area contributed by atoms with Crippen molar-refractivity contribution < 1.29 is 4.79 Å². The van der Waals surface area contributed by atoms with Crippen molar-refractivity contribution in [1.82, 2.24) is 10.2 Å². The molecule has 0 aliphatic carbocycles. The van der Waals surface area contributed by atoms with Gasteiger partial charge in [-0.1, -0.05) is 19.1 Å². The predicted octanol–water partition coefficient (Wildman–Crippen LogP) is 2.38. The molecule has 108 valence electrons. The summed E-state index contributed by atoms with van der Waals surface area (Å²) in [5, 5.41) is 3.29. The number of hydrogen-bond acceptors (Lipinski definition) is 2. The number of carbonyl (C=O) groups excluding carboxylic acids is 1. The minimum absolute atomic E-state index is 0.115. The molecule has 3 heterocycles. The van der Waals surface area contributed by atoms with E-state index in [4.69, 9.17) is 0 Å². The van der Waals surface area contributed by atoms with E-state index in [-0.39, 0.29) is 5.91 Å². The minimum atomic E-state index is 0.115. The summed E-state index contributed by atoms with van der Waals surface area (Å²) in [6.45, 7) is 7.66. The van der Waals surface area contributed by atoms with Crippen molar-refractivity contribution >= 4 is 5.91 Å². The second kappa shape index (κ2) is 5.57. The number of fused-ring (bicyclic) bond motifs is 3. The van der Waals surface area contributed by atoms with Crippen LogP contribution in [0.4, 0.5) is 0 Å². The lowest BCUT2D eigenvalue weighted by molar-refractivity contribution is 0.0620. The number of nitrogens with one attached hydrogen (secondary N) is 1.